The second-order valence-corrected chi connectivity index (χ2v) is 6.42. The molecular formula is C15H19BrO4. The fraction of sp³-hybridized carbons (Fsp3) is 0.533. The van der Waals surface area contributed by atoms with Crippen LogP contribution in [-0.4, -0.2) is 24.3 Å². The minimum atomic E-state index is -0.781. The maximum absolute atomic E-state index is 11.1. The minimum Gasteiger partial charge on any atom is -0.493 e. The molecule has 1 N–H and O–H groups in total. The van der Waals surface area contributed by atoms with Crippen LogP contribution in [0.4, 0.5) is 0 Å². The van der Waals surface area contributed by atoms with Crippen molar-refractivity contribution in [2.24, 2.45) is 0 Å². The molecule has 0 amide bonds. The van der Waals surface area contributed by atoms with Gasteiger partial charge in [-0.25, -0.2) is 0 Å². The van der Waals surface area contributed by atoms with Gasteiger partial charge in [-0.2, -0.15) is 0 Å². The van der Waals surface area contributed by atoms with E-state index in [1.54, 1.807) is 7.11 Å². The number of carboxylic acids is 1. The van der Waals surface area contributed by atoms with E-state index >= 15 is 0 Å². The van der Waals surface area contributed by atoms with Crippen molar-refractivity contribution in [2.75, 3.05) is 7.11 Å². The van der Waals surface area contributed by atoms with Crippen molar-refractivity contribution >= 4 is 21.9 Å². The smallest absolute Gasteiger partial charge is 0.304 e. The van der Waals surface area contributed by atoms with Crippen LogP contribution >= 0.6 is 15.9 Å². The van der Waals surface area contributed by atoms with Crippen molar-refractivity contribution in [3.05, 3.63) is 22.2 Å². The maximum Gasteiger partial charge on any atom is 0.304 e. The van der Waals surface area contributed by atoms with Gasteiger partial charge < -0.3 is 14.6 Å². The molecule has 0 radical (unpaired) electrons. The van der Waals surface area contributed by atoms with Gasteiger partial charge in [0.1, 0.15) is 0 Å². The van der Waals surface area contributed by atoms with Gasteiger partial charge in [-0.05, 0) is 38.8 Å². The molecule has 0 heterocycles. The van der Waals surface area contributed by atoms with Crippen molar-refractivity contribution < 1.29 is 19.4 Å². The molecule has 0 saturated heterocycles. The lowest BCUT2D eigenvalue weighted by atomic mass is 9.91. The van der Waals surface area contributed by atoms with Gasteiger partial charge in [0.25, 0.3) is 0 Å². The van der Waals surface area contributed by atoms with Gasteiger partial charge in [0, 0.05) is 15.5 Å². The Morgan fingerprint density at radius 3 is 2.55 bits per heavy atom. The van der Waals surface area contributed by atoms with Gasteiger partial charge in [0.2, 0.25) is 0 Å². The van der Waals surface area contributed by atoms with Crippen molar-refractivity contribution in [1.29, 1.82) is 0 Å². The molecule has 0 aromatic heterocycles. The number of carboxylic acid groups (broad SMARTS) is 1. The first-order chi connectivity index (χ1) is 9.38. The fourth-order valence-corrected chi connectivity index (χ4v) is 2.89. The SMILES string of the molecule is COc1cc(Br)cc(C2(CC(=O)O)CC2)c1OC(C)C. The van der Waals surface area contributed by atoms with E-state index in [0.717, 1.165) is 22.9 Å². The summed E-state index contributed by atoms with van der Waals surface area (Å²) in [5.74, 6) is 0.529. The number of hydrogen-bond donors (Lipinski definition) is 1. The minimum absolute atomic E-state index is 0.00412. The molecule has 1 fully saturated rings. The lowest BCUT2D eigenvalue weighted by molar-refractivity contribution is -0.137. The summed E-state index contributed by atoms with van der Waals surface area (Å²) in [5.41, 5.74) is 0.618. The van der Waals surface area contributed by atoms with Crippen LogP contribution in [-0.2, 0) is 10.2 Å². The average Bonchev–Trinajstić information content (AvgIpc) is 3.10. The zero-order valence-corrected chi connectivity index (χ0v) is 13.5. The monoisotopic (exact) mass is 342 g/mol. The summed E-state index contributed by atoms with van der Waals surface area (Å²) >= 11 is 3.46. The second-order valence-electron chi connectivity index (χ2n) is 5.50. The summed E-state index contributed by atoms with van der Waals surface area (Å²) in [7, 11) is 1.59. The normalized spacial score (nSPS) is 16.1. The number of methoxy groups -OCH3 is 1. The molecule has 4 nitrogen and oxygen atoms in total. The van der Waals surface area contributed by atoms with Crippen LogP contribution < -0.4 is 9.47 Å². The Morgan fingerprint density at radius 1 is 1.45 bits per heavy atom. The molecule has 5 heteroatoms. The largest absolute Gasteiger partial charge is 0.493 e. The molecule has 1 aromatic rings. The van der Waals surface area contributed by atoms with Gasteiger partial charge in [-0.1, -0.05) is 15.9 Å². The highest BCUT2D eigenvalue weighted by atomic mass is 79.9. The van der Waals surface area contributed by atoms with E-state index in [2.05, 4.69) is 15.9 Å². The van der Waals surface area contributed by atoms with Crippen LogP contribution in [0.2, 0.25) is 0 Å². The summed E-state index contributed by atoms with van der Waals surface area (Å²) in [6.45, 7) is 3.89. The summed E-state index contributed by atoms with van der Waals surface area (Å²) in [6, 6.07) is 3.80. The molecule has 0 bridgehead atoms. The molecule has 110 valence electrons. The van der Waals surface area contributed by atoms with E-state index in [9.17, 15) is 4.79 Å². The van der Waals surface area contributed by atoms with E-state index in [4.69, 9.17) is 14.6 Å². The van der Waals surface area contributed by atoms with Gasteiger partial charge >= 0.3 is 5.97 Å². The lowest BCUT2D eigenvalue weighted by Crippen LogP contribution is -2.17. The van der Waals surface area contributed by atoms with Crippen LogP contribution in [0.3, 0.4) is 0 Å². The third-order valence-electron chi connectivity index (χ3n) is 3.51. The predicted molar refractivity (Wildman–Crippen MR) is 79.6 cm³/mol. The number of halogens is 1. The van der Waals surface area contributed by atoms with Gasteiger partial charge in [0.15, 0.2) is 11.5 Å². The van der Waals surface area contributed by atoms with Crippen LogP contribution in [0.5, 0.6) is 11.5 Å². The first kappa shape index (κ1) is 15.2. The molecule has 20 heavy (non-hydrogen) atoms. The third-order valence-corrected chi connectivity index (χ3v) is 3.97. The quantitative estimate of drug-likeness (QED) is 0.855. The number of benzene rings is 1. The molecule has 2 rings (SSSR count). The van der Waals surface area contributed by atoms with Crippen LogP contribution in [0.1, 0.15) is 38.7 Å². The maximum atomic E-state index is 11.1. The molecule has 1 aliphatic carbocycles. The highest BCUT2D eigenvalue weighted by molar-refractivity contribution is 9.10. The van der Waals surface area contributed by atoms with E-state index in [1.807, 2.05) is 26.0 Å². The summed E-state index contributed by atoms with van der Waals surface area (Å²) in [5, 5.41) is 9.14. The van der Waals surface area contributed by atoms with Crippen molar-refractivity contribution in [3.8, 4) is 11.5 Å². The molecular weight excluding hydrogens is 324 g/mol. The Morgan fingerprint density at radius 2 is 2.10 bits per heavy atom. The van der Waals surface area contributed by atoms with Crippen molar-refractivity contribution in [2.45, 2.75) is 44.6 Å². The molecule has 1 aromatic carbocycles. The van der Waals surface area contributed by atoms with E-state index in [-0.39, 0.29) is 17.9 Å². The van der Waals surface area contributed by atoms with E-state index in [1.165, 1.54) is 0 Å². The van der Waals surface area contributed by atoms with E-state index in [0.29, 0.717) is 11.5 Å². The summed E-state index contributed by atoms with van der Waals surface area (Å²) < 4.78 is 12.2. The highest BCUT2D eigenvalue weighted by Gasteiger charge is 2.48. The molecule has 0 unspecified atom stereocenters. The number of aliphatic carboxylic acids is 1. The number of ether oxygens (including phenoxy) is 2. The topological polar surface area (TPSA) is 55.8 Å². The first-order valence-electron chi connectivity index (χ1n) is 6.64. The fourth-order valence-electron chi connectivity index (χ4n) is 2.45. The predicted octanol–water partition coefficient (Wildman–Crippen LogP) is 3.75. The Kier molecular flexibility index (Phi) is 4.28. The van der Waals surface area contributed by atoms with Gasteiger partial charge in [-0.3, -0.25) is 4.79 Å². The first-order valence-corrected chi connectivity index (χ1v) is 7.44. The standard InChI is InChI=1S/C15H19BrO4/c1-9(2)20-14-11(6-10(16)7-12(14)19-3)15(4-5-15)8-13(17)18/h6-7,9H,4-5,8H2,1-3H3,(H,17,18). The zero-order chi connectivity index (χ0) is 14.9. The molecule has 0 spiro atoms. The zero-order valence-electron chi connectivity index (χ0n) is 11.9. The third kappa shape index (κ3) is 3.08. The Balaban J connectivity index is 2.50. The summed E-state index contributed by atoms with van der Waals surface area (Å²) in [6.07, 6.45) is 1.87. The van der Waals surface area contributed by atoms with Gasteiger partial charge in [-0.15, -0.1) is 0 Å². The number of hydrogen-bond acceptors (Lipinski definition) is 3. The Bertz CT molecular complexity index is 521. The van der Waals surface area contributed by atoms with Crippen molar-refractivity contribution in [1.82, 2.24) is 0 Å². The van der Waals surface area contributed by atoms with Gasteiger partial charge in [0.05, 0.1) is 19.6 Å². The van der Waals surface area contributed by atoms with Crippen LogP contribution in [0.25, 0.3) is 0 Å². The average molecular weight is 343 g/mol. The van der Waals surface area contributed by atoms with Crippen LogP contribution in [0.15, 0.2) is 16.6 Å². The highest BCUT2D eigenvalue weighted by Crippen LogP contribution is 2.56. The molecule has 0 aliphatic heterocycles. The molecule has 0 atom stereocenters. The Hall–Kier alpha value is -1.23. The lowest BCUT2D eigenvalue weighted by Gasteiger charge is -2.22. The summed E-state index contributed by atoms with van der Waals surface area (Å²) in [4.78, 5) is 11.1. The number of carbonyl (C=O) groups is 1. The Labute approximate surface area is 127 Å². The second kappa shape index (κ2) is 5.64. The number of rotatable bonds is 6. The van der Waals surface area contributed by atoms with Crippen LogP contribution in [0, 0.1) is 0 Å². The van der Waals surface area contributed by atoms with E-state index < -0.39 is 5.97 Å². The molecule has 1 saturated carbocycles. The molecule has 1 aliphatic rings. The van der Waals surface area contributed by atoms with Crippen molar-refractivity contribution in [3.63, 3.8) is 0 Å².